The summed E-state index contributed by atoms with van der Waals surface area (Å²) in [5.74, 6) is 2.29. The van der Waals surface area contributed by atoms with Crippen LogP contribution in [0.4, 0.5) is 0 Å². The van der Waals surface area contributed by atoms with Crippen molar-refractivity contribution in [2.45, 2.75) is 0 Å². The van der Waals surface area contributed by atoms with E-state index in [9.17, 15) is 0 Å². The fourth-order valence-electron chi connectivity index (χ4n) is 8.62. The first-order valence-corrected chi connectivity index (χ1v) is 18.6. The molecule has 5 heteroatoms. The molecular weight excluding hydrogens is 673 g/mol. The Bertz CT molecular complexity index is 3340. The monoisotopic (exact) mass is 702 g/mol. The highest BCUT2D eigenvalue weighted by atomic mass is 16.5. The average molecular weight is 703 g/mol. The van der Waals surface area contributed by atoms with Crippen LogP contribution < -0.4 is 4.74 Å². The van der Waals surface area contributed by atoms with Gasteiger partial charge in [0.15, 0.2) is 5.82 Å². The Hall–Kier alpha value is -7.50. The van der Waals surface area contributed by atoms with Crippen LogP contribution in [0.15, 0.2) is 182 Å². The summed E-state index contributed by atoms with van der Waals surface area (Å²) in [6.07, 6.45) is 0. The molecule has 0 atom stereocenters. The van der Waals surface area contributed by atoms with Gasteiger partial charge in [0.2, 0.25) is 0 Å². The summed E-state index contributed by atoms with van der Waals surface area (Å²) >= 11 is 0. The van der Waals surface area contributed by atoms with E-state index in [4.69, 9.17) is 14.7 Å². The van der Waals surface area contributed by atoms with Gasteiger partial charge in [-0.15, -0.1) is 0 Å². The second-order valence-corrected chi connectivity index (χ2v) is 14.2. The Morgan fingerprint density at radius 1 is 0.382 bits per heavy atom. The van der Waals surface area contributed by atoms with Gasteiger partial charge in [0.1, 0.15) is 11.5 Å². The van der Waals surface area contributed by atoms with Crippen LogP contribution in [0, 0.1) is 0 Å². The van der Waals surface area contributed by atoms with Crippen LogP contribution in [0.25, 0.3) is 99.7 Å². The van der Waals surface area contributed by atoms with Gasteiger partial charge >= 0.3 is 0 Å². The molecule has 0 radical (unpaired) electrons. The molecule has 3 aromatic heterocycles. The van der Waals surface area contributed by atoms with Gasteiger partial charge in [-0.2, -0.15) is 0 Å². The van der Waals surface area contributed by atoms with Crippen molar-refractivity contribution in [2.24, 2.45) is 0 Å². The lowest BCUT2D eigenvalue weighted by Crippen LogP contribution is -2.02. The van der Waals surface area contributed by atoms with Crippen LogP contribution in [-0.2, 0) is 0 Å². The lowest BCUT2D eigenvalue weighted by molar-refractivity contribution is 0.486. The molecule has 5 nitrogen and oxygen atoms in total. The van der Waals surface area contributed by atoms with Crippen molar-refractivity contribution >= 4 is 54.5 Å². The summed E-state index contributed by atoms with van der Waals surface area (Å²) in [5, 5.41) is 5.89. The second kappa shape index (κ2) is 11.5. The highest BCUT2D eigenvalue weighted by Crippen LogP contribution is 2.45. The van der Waals surface area contributed by atoms with E-state index in [1.165, 1.54) is 43.7 Å². The Balaban J connectivity index is 1.00. The zero-order valence-corrected chi connectivity index (χ0v) is 29.5. The van der Waals surface area contributed by atoms with Gasteiger partial charge in [0, 0.05) is 44.0 Å². The molecule has 0 fully saturated rings. The van der Waals surface area contributed by atoms with Crippen LogP contribution in [0.5, 0.6) is 11.5 Å². The summed E-state index contributed by atoms with van der Waals surface area (Å²) in [6, 6.07) is 64.5. The van der Waals surface area contributed by atoms with E-state index in [1.807, 2.05) is 36.4 Å². The van der Waals surface area contributed by atoms with Crippen molar-refractivity contribution in [3.05, 3.63) is 182 Å². The number of benzene rings is 8. The molecule has 0 aliphatic carbocycles. The Morgan fingerprint density at radius 3 is 1.62 bits per heavy atom. The van der Waals surface area contributed by atoms with E-state index >= 15 is 0 Å². The van der Waals surface area contributed by atoms with E-state index in [2.05, 4.69) is 155 Å². The summed E-state index contributed by atoms with van der Waals surface area (Å²) < 4.78 is 11.0. The maximum absolute atomic E-state index is 6.23. The number of aromatic nitrogens is 4. The fourth-order valence-corrected chi connectivity index (χ4v) is 8.62. The molecule has 0 N–H and O–H groups in total. The largest absolute Gasteiger partial charge is 0.456 e. The van der Waals surface area contributed by atoms with E-state index in [-0.39, 0.29) is 0 Å². The fraction of sp³-hybridized carbons (Fsp3) is 0. The molecule has 0 saturated carbocycles. The molecule has 12 rings (SSSR count). The van der Waals surface area contributed by atoms with Crippen molar-refractivity contribution in [3.8, 4) is 56.6 Å². The lowest BCUT2D eigenvalue weighted by Gasteiger charge is -2.20. The summed E-state index contributed by atoms with van der Waals surface area (Å²) in [7, 11) is 0. The quantitative estimate of drug-likeness (QED) is 0.183. The van der Waals surface area contributed by atoms with Crippen LogP contribution in [-0.4, -0.2) is 19.1 Å². The van der Waals surface area contributed by atoms with Crippen molar-refractivity contribution in [3.63, 3.8) is 0 Å². The Morgan fingerprint density at radius 2 is 0.927 bits per heavy atom. The maximum Gasteiger partial charge on any atom is 0.160 e. The lowest BCUT2D eigenvalue weighted by atomic mass is 10.0. The van der Waals surface area contributed by atoms with Gasteiger partial charge in [-0.1, -0.05) is 97.1 Å². The summed E-state index contributed by atoms with van der Waals surface area (Å²) in [5.41, 5.74) is 13.0. The molecule has 0 bridgehead atoms. The molecule has 11 aromatic rings. The molecule has 1 aliphatic heterocycles. The molecule has 0 amide bonds. The van der Waals surface area contributed by atoms with Gasteiger partial charge < -0.3 is 13.9 Å². The highest BCUT2D eigenvalue weighted by molar-refractivity contribution is 6.12. The number of ether oxygens (including phenoxy) is 1. The predicted molar refractivity (Wildman–Crippen MR) is 225 cm³/mol. The number of para-hydroxylation sites is 4. The first-order valence-electron chi connectivity index (χ1n) is 18.6. The first kappa shape index (κ1) is 30.0. The second-order valence-electron chi connectivity index (χ2n) is 14.2. The molecule has 0 unspecified atom stereocenters. The Kier molecular flexibility index (Phi) is 6.27. The highest BCUT2D eigenvalue weighted by Gasteiger charge is 2.23. The molecule has 256 valence electrons. The number of fused-ring (bicyclic) bond motifs is 8. The van der Waals surface area contributed by atoms with E-state index < -0.39 is 0 Å². The average Bonchev–Trinajstić information content (AvgIpc) is 3.76. The zero-order valence-electron chi connectivity index (χ0n) is 29.5. The minimum absolute atomic E-state index is 0.690. The zero-order chi connectivity index (χ0) is 36.0. The smallest absolute Gasteiger partial charge is 0.160 e. The third-order valence-electron chi connectivity index (χ3n) is 11.1. The SMILES string of the molecule is c1ccc(-n2c3ccccc3c3ccc(-c4ccc5c6ccccc6n(-c6ccc(-c7nc8c9c(cccc9n7)Oc7ccccc7-8)cc6)c5c4)cc32)cc1. The standard InChI is InChI=1S/C50H30N4O/c1-2-11-34(12-3-1)53-42-17-7-4-13-36(42)38-27-23-32(29-44(38)53)33-24-28-39-37-14-5-8-18-43(37)54(45(39)30-33)35-25-21-31(22-26-35)50-51-41-16-10-20-47-48(41)49(52-50)40-15-6-9-19-46(40)55-47/h1-30H. The van der Waals surface area contributed by atoms with E-state index in [0.717, 1.165) is 61.6 Å². The molecule has 0 spiro atoms. The van der Waals surface area contributed by atoms with Crippen molar-refractivity contribution in [1.29, 1.82) is 0 Å². The molecule has 55 heavy (non-hydrogen) atoms. The third-order valence-corrected chi connectivity index (χ3v) is 11.1. The number of nitrogens with zero attached hydrogens (tertiary/aromatic N) is 4. The minimum Gasteiger partial charge on any atom is -0.456 e. The number of hydrogen-bond acceptors (Lipinski definition) is 3. The Labute approximate surface area is 316 Å². The van der Waals surface area contributed by atoms with E-state index in [1.54, 1.807) is 0 Å². The molecular formula is C50H30N4O. The maximum atomic E-state index is 6.23. The van der Waals surface area contributed by atoms with Crippen LogP contribution in [0.2, 0.25) is 0 Å². The number of hydrogen-bond donors (Lipinski definition) is 0. The van der Waals surface area contributed by atoms with Crippen LogP contribution in [0.3, 0.4) is 0 Å². The van der Waals surface area contributed by atoms with Crippen LogP contribution >= 0.6 is 0 Å². The van der Waals surface area contributed by atoms with Crippen molar-refractivity contribution in [2.75, 3.05) is 0 Å². The summed E-state index contributed by atoms with van der Waals surface area (Å²) in [6.45, 7) is 0. The van der Waals surface area contributed by atoms with Gasteiger partial charge in [-0.3, -0.25) is 0 Å². The predicted octanol–water partition coefficient (Wildman–Crippen LogP) is 12.9. The van der Waals surface area contributed by atoms with Crippen molar-refractivity contribution in [1.82, 2.24) is 19.1 Å². The van der Waals surface area contributed by atoms with E-state index in [0.29, 0.717) is 5.82 Å². The molecule has 0 saturated heterocycles. The first-order chi connectivity index (χ1) is 27.3. The number of rotatable bonds is 4. The van der Waals surface area contributed by atoms with Gasteiger partial charge in [-0.25, -0.2) is 9.97 Å². The summed E-state index contributed by atoms with van der Waals surface area (Å²) in [4.78, 5) is 10.2. The van der Waals surface area contributed by atoms with Gasteiger partial charge in [0.05, 0.1) is 38.7 Å². The third kappa shape index (κ3) is 4.47. The van der Waals surface area contributed by atoms with Crippen molar-refractivity contribution < 1.29 is 4.74 Å². The van der Waals surface area contributed by atoms with Gasteiger partial charge in [0.25, 0.3) is 0 Å². The minimum atomic E-state index is 0.690. The van der Waals surface area contributed by atoms with Gasteiger partial charge in [-0.05, 0) is 96.1 Å². The topological polar surface area (TPSA) is 44.9 Å². The normalized spacial score (nSPS) is 12.1. The molecule has 1 aliphatic rings. The van der Waals surface area contributed by atoms with Crippen LogP contribution in [0.1, 0.15) is 0 Å². The molecule has 8 aromatic carbocycles. The molecule has 4 heterocycles.